The molecule has 8 heteroatoms. The maximum atomic E-state index is 12.8. The molecule has 0 atom stereocenters. The van der Waals surface area contributed by atoms with E-state index in [-0.39, 0.29) is 11.4 Å². The molecule has 0 unspecified atom stereocenters. The summed E-state index contributed by atoms with van der Waals surface area (Å²) in [6.45, 7) is 0.0665. The van der Waals surface area contributed by atoms with Crippen LogP contribution < -0.4 is 10.1 Å². The number of benzene rings is 3. The van der Waals surface area contributed by atoms with E-state index < -0.39 is 17.1 Å². The summed E-state index contributed by atoms with van der Waals surface area (Å²) in [6, 6.07) is 24.2. The minimum atomic E-state index is -0.497. The molecular weight excluding hydrogens is 504 g/mol. The van der Waals surface area contributed by atoms with Gasteiger partial charge in [0, 0.05) is 4.47 Å². The van der Waals surface area contributed by atoms with Crippen LogP contribution in [0.25, 0.3) is 6.08 Å². The summed E-state index contributed by atoms with van der Waals surface area (Å²) in [7, 11) is 0. The molecule has 1 heterocycles. The fraction of sp³-hybridized carbons (Fsp3) is 0.0800. The van der Waals surface area contributed by atoms with Crippen molar-refractivity contribution < 1.29 is 19.1 Å². The molecule has 0 saturated carbocycles. The number of hydrogen-bond acceptors (Lipinski definition) is 5. The zero-order valence-corrected chi connectivity index (χ0v) is 19.8. The average molecular weight is 523 g/mol. The Bertz CT molecular complexity index is 1230. The van der Waals surface area contributed by atoms with Crippen LogP contribution >= 0.6 is 27.7 Å². The predicted molar refractivity (Wildman–Crippen MR) is 133 cm³/mol. The van der Waals surface area contributed by atoms with Gasteiger partial charge in [-0.2, -0.15) is 0 Å². The molecule has 0 bridgehead atoms. The standard InChI is InChI=1S/C25H19BrN2O4S/c26-20-11-4-5-12-21(20)27-23(29)15-28-24(30)22(33-25(28)31)14-18-9-6-10-19(13-18)32-16-17-7-2-1-3-8-17/h1-14H,15-16H2,(H,27,29)/b22-14+. The van der Waals surface area contributed by atoms with Gasteiger partial charge in [0.15, 0.2) is 0 Å². The van der Waals surface area contributed by atoms with Crippen molar-refractivity contribution in [2.24, 2.45) is 0 Å². The molecule has 6 nitrogen and oxygen atoms in total. The summed E-state index contributed by atoms with van der Waals surface area (Å²) in [5, 5.41) is 2.22. The number of amides is 3. The first-order valence-corrected chi connectivity index (χ1v) is 11.7. The number of carbonyl (C=O) groups excluding carboxylic acids is 3. The van der Waals surface area contributed by atoms with Gasteiger partial charge in [-0.15, -0.1) is 0 Å². The fourth-order valence-corrected chi connectivity index (χ4v) is 4.34. The minimum absolute atomic E-state index is 0.258. The Kier molecular flexibility index (Phi) is 7.26. The van der Waals surface area contributed by atoms with Crippen molar-refractivity contribution in [1.82, 2.24) is 4.90 Å². The van der Waals surface area contributed by atoms with Gasteiger partial charge in [0.25, 0.3) is 11.1 Å². The molecule has 0 aliphatic carbocycles. The first-order chi connectivity index (χ1) is 16.0. The van der Waals surface area contributed by atoms with Gasteiger partial charge in [-0.05, 0) is 69.2 Å². The maximum absolute atomic E-state index is 12.8. The highest BCUT2D eigenvalue weighted by Gasteiger charge is 2.36. The molecule has 1 fully saturated rings. The van der Waals surface area contributed by atoms with Crippen LogP contribution in [0.15, 0.2) is 88.2 Å². The van der Waals surface area contributed by atoms with Crippen LogP contribution in [-0.2, 0) is 16.2 Å². The van der Waals surface area contributed by atoms with Crippen molar-refractivity contribution in [3.05, 3.63) is 99.4 Å². The molecule has 0 aromatic heterocycles. The van der Waals surface area contributed by atoms with E-state index in [9.17, 15) is 14.4 Å². The first kappa shape index (κ1) is 22.8. The van der Waals surface area contributed by atoms with Crippen LogP contribution in [0.1, 0.15) is 11.1 Å². The number of halogens is 1. The van der Waals surface area contributed by atoms with Crippen molar-refractivity contribution in [3.8, 4) is 5.75 Å². The van der Waals surface area contributed by atoms with Crippen LogP contribution in [0.4, 0.5) is 10.5 Å². The minimum Gasteiger partial charge on any atom is -0.489 e. The molecule has 0 radical (unpaired) electrons. The summed E-state index contributed by atoms with van der Waals surface area (Å²) in [4.78, 5) is 38.7. The van der Waals surface area contributed by atoms with E-state index in [1.807, 2.05) is 54.6 Å². The van der Waals surface area contributed by atoms with Gasteiger partial charge in [-0.25, -0.2) is 0 Å². The fourth-order valence-electron chi connectivity index (χ4n) is 3.12. The number of carbonyl (C=O) groups is 3. The monoisotopic (exact) mass is 522 g/mol. The molecule has 1 aliphatic heterocycles. The second-order valence-corrected chi connectivity index (χ2v) is 8.99. The number of rotatable bonds is 7. The molecule has 1 N–H and O–H groups in total. The zero-order chi connectivity index (χ0) is 23.2. The Morgan fingerprint density at radius 1 is 1.00 bits per heavy atom. The van der Waals surface area contributed by atoms with Gasteiger partial charge in [0.05, 0.1) is 10.6 Å². The van der Waals surface area contributed by atoms with Crippen molar-refractivity contribution >= 4 is 56.5 Å². The van der Waals surface area contributed by atoms with Crippen LogP contribution in [-0.4, -0.2) is 28.5 Å². The smallest absolute Gasteiger partial charge is 0.294 e. The molecule has 1 saturated heterocycles. The Balaban J connectivity index is 1.41. The Morgan fingerprint density at radius 2 is 1.76 bits per heavy atom. The summed E-state index contributed by atoms with van der Waals surface area (Å²) < 4.78 is 6.54. The van der Waals surface area contributed by atoms with E-state index in [1.165, 1.54) is 0 Å². The van der Waals surface area contributed by atoms with Crippen molar-refractivity contribution in [2.75, 3.05) is 11.9 Å². The molecule has 166 valence electrons. The third-order valence-electron chi connectivity index (χ3n) is 4.73. The maximum Gasteiger partial charge on any atom is 0.294 e. The highest BCUT2D eigenvalue weighted by atomic mass is 79.9. The number of para-hydroxylation sites is 1. The van der Waals surface area contributed by atoms with Gasteiger partial charge < -0.3 is 10.1 Å². The Labute approximate surface area is 203 Å². The number of imide groups is 1. The summed E-state index contributed by atoms with van der Waals surface area (Å²) in [6.07, 6.45) is 1.63. The van der Waals surface area contributed by atoms with Gasteiger partial charge >= 0.3 is 0 Å². The number of anilines is 1. The van der Waals surface area contributed by atoms with E-state index in [4.69, 9.17) is 4.74 Å². The largest absolute Gasteiger partial charge is 0.489 e. The number of nitrogens with one attached hydrogen (secondary N) is 1. The average Bonchev–Trinajstić information content (AvgIpc) is 3.07. The van der Waals surface area contributed by atoms with Crippen molar-refractivity contribution in [2.45, 2.75) is 6.61 Å². The first-order valence-electron chi connectivity index (χ1n) is 10.1. The lowest BCUT2D eigenvalue weighted by Gasteiger charge is -2.13. The molecule has 3 amide bonds. The van der Waals surface area contributed by atoms with Crippen LogP contribution in [0.2, 0.25) is 0 Å². The highest BCUT2D eigenvalue weighted by molar-refractivity contribution is 9.10. The lowest BCUT2D eigenvalue weighted by Crippen LogP contribution is -2.36. The van der Waals surface area contributed by atoms with Crippen LogP contribution in [0.3, 0.4) is 0 Å². The summed E-state index contributed by atoms with van der Waals surface area (Å²) >= 11 is 4.16. The predicted octanol–water partition coefficient (Wildman–Crippen LogP) is 5.70. The van der Waals surface area contributed by atoms with E-state index in [1.54, 1.807) is 30.3 Å². The van der Waals surface area contributed by atoms with E-state index in [2.05, 4.69) is 21.2 Å². The molecule has 1 aliphatic rings. The normalized spacial score (nSPS) is 14.6. The zero-order valence-electron chi connectivity index (χ0n) is 17.4. The molecule has 33 heavy (non-hydrogen) atoms. The van der Waals surface area contributed by atoms with E-state index in [0.29, 0.717) is 22.5 Å². The Hall–Kier alpha value is -3.36. The second-order valence-electron chi connectivity index (χ2n) is 7.14. The Morgan fingerprint density at radius 3 is 2.55 bits per heavy atom. The van der Waals surface area contributed by atoms with Gasteiger partial charge in [0.1, 0.15) is 18.9 Å². The SMILES string of the molecule is O=C(CN1C(=O)S/C(=C/c2cccc(OCc3ccccc3)c2)C1=O)Nc1ccccc1Br. The van der Waals surface area contributed by atoms with Crippen molar-refractivity contribution in [3.63, 3.8) is 0 Å². The van der Waals surface area contributed by atoms with E-state index in [0.717, 1.165) is 27.8 Å². The number of nitrogens with zero attached hydrogens (tertiary/aromatic N) is 1. The molecular formula is C25H19BrN2O4S. The van der Waals surface area contributed by atoms with Gasteiger partial charge in [-0.3, -0.25) is 19.3 Å². The third kappa shape index (κ3) is 5.91. The van der Waals surface area contributed by atoms with E-state index >= 15 is 0 Å². The van der Waals surface area contributed by atoms with Crippen molar-refractivity contribution in [1.29, 1.82) is 0 Å². The third-order valence-corrected chi connectivity index (χ3v) is 6.33. The topological polar surface area (TPSA) is 75.7 Å². The number of ether oxygens (including phenoxy) is 1. The van der Waals surface area contributed by atoms with Gasteiger partial charge in [0.2, 0.25) is 5.91 Å². The summed E-state index contributed by atoms with van der Waals surface area (Å²) in [5.74, 6) is -0.302. The number of hydrogen-bond donors (Lipinski definition) is 1. The quantitative estimate of drug-likeness (QED) is 0.402. The molecule has 3 aromatic rings. The van der Waals surface area contributed by atoms with Gasteiger partial charge in [-0.1, -0.05) is 54.6 Å². The van der Waals surface area contributed by atoms with Crippen LogP contribution in [0, 0.1) is 0 Å². The molecule has 0 spiro atoms. The lowest BCUT2D eigenvalue weighted by molar-refractivity contribution is -0.127. The molecule has 3 aromatic carbocycles. The number of thioether (sulfide) groups is 1. The molecule has 4 rings (SSSR count). The second kappa shape index (κ2) is 10.5. The van der Waals surface area contributed by atoms with Crippen LogP contribution in [0.5, 0.6) is 5.75 Å². The summed E-state index contributed by atoms with van der Waals surface area (Å²) in [5.41, 5.74) is 2.34. The highest BCUT2D eigenvalue weighted by Crippen LogP contribution is 2.32. The lowest BCUT2D eigenvalue weighted by atomic mass is 10.2.